The molecule has 0 radical (unpaired) electrons. The third-order valence-corrected chi connectivity index (χ3v) is 3.78. The predicted molar refractivity (Wildman–Crippen MR) is 85.9 cm³/mol. The number of nitrogens with zero attached hydrogens (tertiary/aromatic N) is 3. The smallest absolute Gasteiger partial charge is 0.288 e. The summed E-state index contributed by atoms with van der Waals surface area (Å²) in [6.07, 6.45) is 1.61. The standard InChI is InChI=1S/C16H11F2N3OS/c17-16(18)23-11-5-3-10(4-6-11)20-21-13-7-8-14(22)12-2-1-9-19-15(12)13/h1-9,16,22H. The molecule has 0 unspecified atom stereocenters. The molecule has 0 spiro atoms. The lowest BCUT2D eigenvalue weighted by Gasteiger charge is -2.02. The second kappa shape index (κ2) is 6.70. The Balaban J connectivity index is 1.87. The molecule has 2 aromatic carbocycles. The topological polar surface area (TPSA) is 57.8 Å². The lowest BCUT2D eigenvalue weighted by Crippen LogP contribution is -1.80. The number of halogens is 2. The summed E-state index contributed by atoms with van der Waals surface area (Å²) >= 11 is 0.482. The van der Waals surface area contributed by atoms with Crippen molar-refractivity contribution in [2.24, 2.45) is 10.2 Å². The van der Waals surface area contributed by atoms with Crippen molar-refractivity contribution in [2.45, 2.75) is 10.7 Å². The molecule has 0 fully saturated rings. The zero-order chi connectivity index (χ0) is 16.2. The highest BCUT2D eigenvalue weighted by atomic mass is 32.2. The number of fused-ring (bicyclic) bond motifs is 1. The maximum Gasteiger partial charge on any atom is 0.288 e. The highest BCUT2D eigenvalue weighted by molar-refractivity contribution is 7.99. The maximum atomic E-state index is 12.3. The molecule has 0 aliphatic rings. The first-order valence-corrected chi connectivity index (χ1v) is 7.55. The molecule has 116 valence electrons. The molecule has 0 atom stereocenters. The number of hydrogen-bond donors (Lipinski definition) is 1. The van der Waals surface area contributed by atoms with E-state index in [0.717, 1.165) is 0 Å². The van der Waals surface area contributed by atoms with E-state index in [0.29, 0.717) is 38.9 Å². The van der Waals surface area contributed by atoms with E-state index in [1.807, 2.05) is 0 Å². The van der Waals surface area contributed by atoms with Crippen LogP contribution in [0.4, 0.5) is 20.2 Å². The van der Waals surface area contributed by atoms with E-state index in [4.69, 9.17) is 0 Å². The molecule has 0 saturated heterocycles. The zero-order valence-corrected chi connectivity index (χ0v) is 12.5. The molecule has 3 aromatic rings. The van der Waals surface area contributed by atoms with Crippen molar-refractivity contribution in [3.8, 4) is 5.75 Å². The molecular weight excluding hydrogens is 320 g/mol. The van der Waals surface area contributed by atoms with Gasteiger partial charge >= 0.3 is 0 Å². The van der Waals surface area contributed by atoms with E-state index in [9.17, 15) is 13.9 Å². The maximum absolute atomic E-state index is 12.3. The van der Waals surface area contributed by atoms with Gasteiger partial charge in [-0.1, -0.05) is 11.8 Å². The molecule has 0 bridgehead atoms. The normalized spacial score (nSPS) is 11.6. The molecule has 0 aliphatic heterocycles. The van der Waals surface area contributed by atoms with Crippen LogP contribution in [-0.2, 0) is 0 Å². The van der Waals surface area contributed by atoms with Gasteiger partial charge in [-0.05, 0) is 48.5 Å². The molecule has 0 saturated carbocycles. The lowest BCUT2D eigenvalue weighted by atomic mass is 10.2. The largest absolute Gasteiger partial charge is 0.507 e. The second-order valence-electron chi connectivity index (χ2n) is 4.58. The molecule has 0 aliphatic carbocycles. The van der Waals surface area contributed by atoms with Crippen LogP contribution in [0.3, 0.4) is 0 Å². The number of hydrogen-bond acceptors (Lipinski definition) is 5. The Morgan fingerprint density at radius 3 is 2.52 bits per heavy atom. The number of aromatic nitrogens is 1. The summed E-state index contributed by atoms with van der Waals surface area (Å²) in [5.41, 5.74) is 1.60. The summed E-state index contributed by atoms with van der Waals surface area (Å²) in [5, 5.41) is 18.6. The Kier molecular flexibility index (Phi) is 4.47. The number of pyridine rings is 1. The summed E-state index contributed by atoms with van der Waals surface area (Å²) in [7, 11) is 0. The quantitative estimate of drug-likeness (QED) is 0.495. The predicted octanol–water partition coefficient (Wildman–Crippen LogP) is 5.67. The van der Waals surface area contributed by atoms with Gasteiger partial charge in [0.2, 0.25) is 0 Å². The van der Waals surface area contributed by atoms with E-state index < -0.39 is 5.76 Å². The molecule has 7 heteroatoms. The Morgan fingerprint density at radius 2 is 1.78 bits per heavy atom. The number of thioether (sulfide) groups is 1. The Bertz CT molecular complexity index is 854. The number of benzene rings is 2. The van der Waals surface area contributed by atoms with Gasteiger partial charge in [-0.2, -0.15) is 13.9 Å². The van der Waals surface area contributed by atoms with Crippen molar-refractivity contribution < 1.29 is 13.9 Å². The van der Waals surface area contributed by atoms with Gasteiger partial charge in [0.15, 0.2) is 0 Å². The number of aromatic hydroxyl groups is 1. The van der Waals surface area contributed by atoms with Gasteiger partial charge in [0.1, 0.15) is 17.0 Å². The average Bonchev–Trinajstić information content (AvgIpc) is 2.55. The molecule has 1 N–H and O–H groups in total. The van der Waals surface area contributed by atoms with E-state index in [2.05, 4.69) is 15.2 Å². The minimum atomic E-state index is -2.45. The Hall–Kier alpha value is -2.54. The third kappa shape index (κ3) is 3.62. The van der Waals surface area contributed by atoms with Gasteiger partial charge in [0.05, 0.1) is 5.69 Å². The van der Waals surface area contributed by atoms with Crippen molar-refractivity contribution >= 4 is 34.0 Å². The van der Waals surface area contributed by atoms with Crippen LogP contribution in [0.5, 0.6) is 5.75 Å². The molecule has 4 nitrogen and oxygen atoms in total. The third-order valence-electron chi connectivity index (χ3n) is 3.06. The first kappa shape index (κ1) is 15.4. The summed E-state index contributed by atoms with van der Waals surface area (Å²) in [6.45, 7) is 0. The SMILES string of the molecule is Oc1ccc(N=Nc2ccc(SC(F)F)cc2)c2ncccc12. The van der Waals surface area contributed by atoms with Crippen LogP contribution < -0.4 is 0 Å². The van der Waals surface area contributed by atoms with Crippen molar-refractivity contribution in [2.75, 3.05) is 0 Å². The number of phenolic OH excluding ortho intramolecular Hbond substituents is 1. The molecule has 1 heterocycles. The number of azo groups is 1. The van der Waals surface area contributed by atoms with Crippen LogP contribution in [0.15, 0.2) is 69.9 Å². The van der Waals surface area contributed by atoms with E-state index in [1.165, 1.54) is 6.07 Å². The number of rotatable bonds is 4. The molecule has 23 heavy (non-hydrogen) atoms. The minimum absolute atomic E-state index is 0.125. The van der Waals surface area contributed by atoms with Crippen LogP contribution >= 0.6 is 11.8 Å². The Morgan fingerprint density at radius 1 is 1.00 bits per heavy atom. The van der Waals surface area contributed by atoms with Gasteiger partial charge in [0.25, 0.3) is 5.76 Å². The molecule has 0 amide bonds. The van der Waals surface area contributed by atoms with Crippen LogP contribution in [0.25, 0.3) is 10.9 Å². The van der Waals surface area contributed by atoms with E-state index in [1.54, 1.807) is 48.7 Å². The highest BCUT2D eigenvalue weighted by Gasteiger charge is 2.06. The summed E-state index contributed by atoms with van der Waals surface area (Å²) in [6, 6.07) is 13.0. The first-order valence-electron chi connectivity index (χ1n) is 6.67. The highest BCUT2D eigenvalue weighted by Crippen LogP contribution is 2.32. The summed E-state index contributed by atoms with van der Waals surface area (Å²) in [4.78, 5) is 4.67. The Labute approximate surface area is 134 Å². The first-order chi connectivity index (χ1) is 11.1. The van der Waals surface area contributed by atoms with Gasteiger partial charge in [0, 0.05) is 16.5 Å². The second-order valence-corrected chi connectivity index (χ2v) is 5.64. The van der Waals surface area contributed by atoms with Gasteiger partial charge in [-0.3, -0.25) is 4.98 Å². The fourth-order valence-electron chi connectivity index (χ4n) is 2.03. The van der Waals surface area contributed by atoms with Crippen molar-refractivity contribution in [3.63, 3.8) is 0 Å². The summed E-state index contributed by atoms with van der Waals surface area (Å²) < 4.78 is 24.5. The summed E-state index contributed by atoms with van der Waals surface area (Å²) in [5.74, 6) is -2.32. The van der Waals surface area contributed by atoms with Gasteiger partial charge < -0.3 is 5.11 Å². The van der Waals surface area contributed by atoms with Crippen LogP contribution in [0.2, 0.25) is 0 Å². The van der Waals surface area contributed by atoms with E-state index in [-0.39, 0.29) is 5.75 Å². The molecule has 3 rings (SSSR count). The van der Waals surface area contributed by atoms with Crippen LogP contribution in [-0.4, -0.2) is 15.8 Å². The fraction of sp³-hybridized carbons (Fsp3) is 0.0625. The van der Waals surface area contributed by atoms with Crippen molar-refractivity contribution in [3.05, 3.63) is 54.7 Å². The van der Waals surface area contributed by atoms with Crippen LogP contribution in [0.1, 0.15) is 0 Å². The van der Waals surface area contributed by atoms with Gasteiger partial charge in [-0.15, -0.1) is 5.11 Å². The van der Waals surface area contributed by atoms with Crippen molar-refractivity contribution in [1.82, 2.24) is 4.98 Å². The zero-order valence-electron chi connectivity index (χ0n) is 11.7. The van der Waals surface area contributed by atoms with Gasteiger partial charge in [-0.25, -0.2) is 0 Å². The van der Waals surface area contributed by atoms with Crippen molar-refractivity contribution in [1.29, 1.82) is 0 Å². The average molecular weight is 331 g/mol. The fourth-order valence-corrected chi connectivity index (χ4v) is 2.53. The number of alkyl halides is 2. The minimum Gasteiger partial charge on any atom is -0.507 e. The molecular formula is C16H11F2N3OS. The number of phenols is 1. The lowest BCUT2D eigenvalue weighted by molar-refractivity contribution is 0.252. The van der Waals surface area contributed by atoms with Crippen LogP contribution in [0, 0.1) is 0 Å². The van der Waals surface area contributed by atoms with E-state index >= 15 is 0 Å². The monoisotopic (exact) mass is 331 g/mol. The molecule has 1 aromatic heterocycles.